The highest BCUT2D eigenvalue weighted by Crippen LogP contribution is 2.55. The first kappa shape index (κ1) is 29.1. The molecule has 0 aromatic heterocycles. The van der Waals surface area contributed by atoms with Crippen LogP contribution in [0, 0.1) is 17.8 Å². The van der Waals surface area contributed by atoms with Crippen LogP contribution >= 0.6 is 7.82 Å². The summed E-state index contributed by atoms with van der Waals surface area (Å²) in [6.45, 7) is 19.5. The maximum absolute atomic E-state index is 13.9. The molecule has 5 heteroatoms. The highest BCUT2D eigenvalue weighted by Gasteiger charge is 2.37. The van der Waals surface area contributed by atoms with Gasteiger partial charge in [-0.05, 0) is 56.3 Å². The van der Waals surface area contributed by atoms with E-state index in [1.54, 1.807) is 0 Å². The lowest BCUT2D eigenvalue weighted by molar-refractivity contribution is 0.0110. The molecule has 0 radical (unpaired) electrons. The van der Waals surface area contributed by atoms with Gasteiger partial charge in [-0.3, -0.25) is 13.6 Å². The summed E-state index contributed by atoms with van der Waals surface area (Å²) >= 11 is 0. The fourth-order valence-electron chi connectivity index (χ4n) is 3.81. The maximum Gasteiger partial charge on any atom is 0.475 e. The Bertz CT molecular complexity index is 375. The van der Waals surface area contributed by atoms with Crippen molar-refractivity contribution >= 4 is 7.82 Å². The molecule has 0 N–H and O–H groups in total. The van der Waals surface area contributed by atoms with Gasteiger partial charge in [-0.25, -0.2) is 4.57 Å². The average molecular weight is 435 g/mol. The molecule has 0 aromatic carbocycles. The summed E-state index contributed by atoms with van der Waals surface area (Å²) in [4.78, 5) is 0. The van der Waals surface area contributed by atoms with E-state index in [0.717, 1.165) is 57.8 Å². The molecule has 0 saturated carbocycles. The van der Waals surface area contributed by atoms with Gasteiger partial charge in [0, 0.05) is 0 Å². The van der Waals surface area contributed by atoms with E-state index in [2.05, 4.69) is 62.3 Å². The van der Waals surface area contributed by atoms with Gasteiger partial charge in [0.05, 0.1) is 18.3 Å². The van der Waals surface area contributed by atoms with E-state index < -0.39 is 7.82 Å². The Morgan fingerprint density at radius 3 is 0.966 bits per heavy atom. The summed E-state index contributed by atoms with van der Waals surface area (Å²) in [5, 5.41) is 0. The molecule has 176 valence electrons. The normalized spacial score (nSPS) is 17.7. The van der Waals surface area contributed by atoms with Crippen molar-refractivity contribution in [3.8, 4) is 0 Å². The molecule has 0 aliphatic carbocycles. The van der Waals surface area contributed by atoms with Gasteiger partial charge in [0.1, 0.15) is 0 Å². The quantitative estimate of drug-likeness (QED) is 0.202. The van der Waals surface area contributed by atoms with E-state index in [1.807, 2.05) is 0 Å². The van der Waals surface area contributed by atoms with Crippen molar-refractivity contribution < 1.29 is 18.1 Å². The Hall–Kier alpha value is 0.110. The summed E-state index contributed by atoms with van der Waals surface area (Å²) in [5.74, 6) is 1.43. The van der Waals surface area contributed by atoms with E-state index in [4.69, 9.17) is 13.6 Å². The second kappa shape index (κ2) is 15.8. The van der Waals surface area contributed by atoms with Gasteiger partial charge in [0.15, 0.2) is 0 Å². The lowest BCUT2D eigenvalue weighted by atomic mass is 10.0. The van der Waals surface area contributed by atoms with Crippen LogP contribution in [0.15, 0.2) is 0 Å². The van der Waals surface area contributed by atoms with Crippen molar-refractivity contribution in [1.82, 2.24) is 0 Å². The Morgan fingerprint density at radius 1 is 0.552 bits per heavy atom. The van der Waals surface area contributed by atoms with Gasteiger partial charge in [0.25, 0.3) is 0 Å². The van der Waals surface area contributed by atoms with Gasteiger partial charge >= 0.3 is 7.82 Å². The molecule has 0 heterocycles. The second-order valence-corrected chi connectivity index (χ2v) is 11.4. The number of phosphoric ester groups is 1. The number of hydrogen-bond donors (Lipinski definition) is 0. The van der Waals surface area contributed by atoms with Crippen LogP contribution in [0.1, 0.15) is 120 Å². The van der Waals surface area contributed by atoms with Crippen LogP contribution in [0.25, 0.3) is 0 Å². The van der Waals surface area contributed by atoms with Crippen LogP contribution in [0.4, 0.5) is 0 Å². The highest BCUT2D eigenvalue weighted by molar-refractivity contribution is 7.48. The van der Waals surface area contributed by atoms with Crippen molar-refractivity contribution in [3.63, 3.8) is 0 Å². The summed E-state index contributed by atoms with van der Waals surface area (Å²) in [6.07, 6.45) is 7.95. The zero-order chi connectivity index (χ0) is 22.4. The van der Waals surface area contributed by atoms with E-state index in [-0.39, 0.29) is 18.3 Å². The first-order valence-corrected chi connectivity index (χ1v) is 13.7. The zero-order valence-corrected chi connectivity index (χ0v) is 21.8. The molecular formula is C24H51O4P. The Morgan fingerprint density at radius 2 is 0.793 bits per heavy atom. The summed E-state index contributed by atoms with van der Waals surface area (Å²) in [7, 11) is -3.65. The monoisotopic (exact) mass is 434 g/mol. The molecule has 0 aromatic rings. The summed E-state index contributed by atoms with van der Waals surface area (Å²) in [5.41, 5.74) is 0. The maximum atomic E-state index is 13.9. The number of hydrogen-bond acceptors (Lipinski definition) is 4. The van der Waals surface area contributed by atoms with E-state index in [0.29, 0.717) is 17.8 Å². The van der Waals surface area contributed by atoms with Crippen molar-refractivity contribution in [3.05, 3.63) is 0 Å². The average Bonchev–Trinajstić information content (AvgIpc) is 2.53. The first-order valence-electron chi connectivity index (χ1n) is 12.2. The molecule has 0 bridgehead atoms. The Labute approximate surface area is 182 Å². The molecule has 0 saturated heterocycles. The minimum absolute atomic E-state index is 0.0894. The standard InChI is InChI=1S/C24H51O4P/c1-10-13-22(16-19(4)5)26-29(25,27-23(14-11-2)17-20(6)7)28-24(15-12-3)18-21(8)9/h19-24H,10-18H2,1-9H3. The molecule has 0 amide bonds. The van der Waals surface area contributed by atoms with Crippen molar-refractivity contribution in [2.75, 3.05) is 0 Å². The molecular weight excluding hydrogens is 383 g/mol. The van der Waals surface area contributed by atoms with Crippen LogP contribution in [0.5, 0.6) is 0 Å². The fourth-order valence-corrected chi connectivity index (χ4v) is 5.63. The van der Waals surface area contributed by atoms with Gasteiger partial charge in [0.2, 0.25) is 0 Å². The zero-order valence-electron chi connectivity index (χ0n) is 20.9. The van der Waals surface area contributed by atoms with Crippen molar-refractivity contribution in [1.29, 1.82) is 0 Å². The minimum atomic E-state index is -3.65. The number of phosphoric acid groups is 1. The Kier molecular flexibility index (Phi) is 15.9. The Balaban J connectivity index is 5.62. The third kappa shape index (κ3) is 14.7. The number of rotatable bonds is 18. The van der Waals surface area contributed by atoms with E-state index >= 15 is 0 Å². The van der Waals surface area contributed by atoms with Crippen LogP contribution < -0.4 is 0 Å². The smallest absolute Gasteiger partial charge is 0.284 e. The van der Waals surface area contributed by atoms with Crippen LogP contribution in [0.2, 0.25) is 0 Å². The molecule has 4 nitrogen and oxygen atoms in total. The summed E-state index contributed by atoms with van der Waals surface area (Å²) < 4.78 is 32.6. The third-order valence-corrected chi connectivity index (χ3v) is 6.54. The lowest BCUT2D eigenvalue weighted by Crippen LogP contribution is -2.23. The van der Waals surface area contributed by atoms with Crippen LogP contribution in [-0.2, 0) is 18.1 Å². The van der Waals surface area contributed by atoms with E-state index in [1.165, 1.54) is 0 Å². The second-order valence-electron chi connectivity index (χ2n) is 9.88. The van der Waals surface area contributed by atoms with Crippen LogP contribution in [0.3, 0.4) is 0 Å². The topological polar surface area (TPSA) is 44.8 Å². The van der Waals surface area contributed by atoms with Gasteiger partial charge in [-0.15, -0.1) is 0 Å². The van der Waals surface area contributed by atoms with Gasteiger partial charge < -0.3 is 0 Å². The molecule has 29 heavy (non-hydrogen) atoms. The van der Waals surface area contributed by atoms with Gasteiger partial charge in [-0.1, -0.05) is 81.6 Å². The summed E-state index contributed by atoms with van der Waals surface area (Å²) in [6, 6.07) is 0. The fraction of sp³-hybridized carbons (Fsp3) is 1.00. The predicted molar refractivity (Wildman–Crippen MR) is 125 cm³/mol. The minimum Gasteiger partial charge on any atom is -0.284 e. The van der Waals surface area contributed by atoms with Crippen molar-refractivity contribution in [2.45, 2.75) is 138 Å². The largest absolute Gasteiger partial charge is 0.475 e. The van der Waals surface area contributed by atoms with E-state index in [9.17, 15) is 4.57 Å². The molecule has 0 fully saturated rings. The lowest BCUT2D eigenvalue weighted by Gasteiger charge is -2.31. The molecule has 0 aliphatic heterocycles. The third-order valence-electron chi connectivity index (χ3n) is 4.87. The molecule has 0 spiro atoms. The SMILES string of the molecule is CCCC(CC(C)C)OP(=O)(OC(CCC)CC(C)C)OC(CCC)CC(C)C. The molecule has 0 aliphatic rings. The highest BCUT2D eigenvalue weighted by atomic mass is 31.2. The molecule has 3 atom stereocenters. The predicted octanol–water partition coefficient (Wildman–Crippen LogP) is 8.79. The van der Waals surface area contributed by atoms with Crippen LogP contribution in [-0.4, -0.2) is 18.3 Å². The van der Waals surface area contributed by atoms with Crippen molar-refractivity contribution in [2.24, 2.45) is 17.8 Å². The molecule has 0 rings (SSSR count). The molecule has 3 unspecified atom stereocenters. The first-order chi connectivity index (χ1) is 13.5. The van der Waals surface area contributed by atoms with Gasteiger partial charge in [-0.2, -0.15) is 0 Å².